The molecule has 3 rings (SSSR count). The molecule has 0 spiro atoms. The van der Waals surface area contributed by atoms with Crippen molar-refractivity contribution in [2.24, 2.45) is 0 Å². The number of hydrogen-bond acceptors (Lipinski definition) is 6. The second-order valence-corrected chi connectivity index (χ2v) is 7.13. The quantitative estimate of drug-likeness (QED) is 0.405. The Bertz CT molecular complexity index is 1020. The Labute approximate surface area is 181 Å². The van der Waals surface area contributed by atoms with Gasteiger partial charge in [0.05, 0.1) is 27.0 Å². The minimum atomic E-state index is -0.577. The van der Waals surface area contributed by atoms with Crippen molar-refractivity contribution in [2.45, 2.75) is 0 Å². The Balaban J connectivity index is 2.03. The summed E-state index contributed by atoms with van der Waals surface area (Å²) in [5.41, 5.74) is 1.02. The number of hydrogen-bond donors (Lipinski definition) is 1. The number of nitrogens with one attached hydrogen (secondary N) is 1. The van der Waals surface area contributed by atoms with Gasteiger partial charge in [0.1, 0.15) is 11.3 Å². The van der Waals surface area contributed by atoms with Gasteiger partial charge in [-0.1, -0.05) is 15.9 Å². The first-order chi connectivity index (χ1) is 13.9. The van der Waals surface area contributed by atoms with Crippen LogP contribution in [0.1, 0.15) is 5.56 Å². The smallest absolute Gasteiger partial charge is 0.270 e. The molecule has 0 atom stereocenters. The van der Waals surface area contributed by atoms with E-state index in [0.717, 1.165) is 0 Å². The summed E-state index contributed by atoms with van der Waals surface area (Å²) >= 11 is 8.64. The van der Waals surface area contributed by atoms with Crippen LogP contribution in [0.3, 0.4) is 0 Å². The van der Waals surface area contributed by atoms with Crippen molar-refractivity contribution >= 4 is 56.8 Å². The van der Waals surface area contributed by atoms with Gasteiger partial charge in [0, 0.05) is 4.47 Å². The number of ether oxygens (including phenoxy) is 3. The minimum Gasteiger partial charge on any atom is -0.497 e. The van der Waals surface area contributed by atoms with Gasteiger partial charge in [-0.05, 0) is 60.3 Å². The number of carbonyl (C=O) groups excluding carboxylic acids is 2. The number of methoxy groups -OCH3 is 3. The molecule has 2 aromatic rings. The van der Waals surface area contributed by atoms with Gasteiger partial charge < -0.3 is 14.2 Å². The van der Waals surface area contributed by atoms with Gasteiger partial charge in [-0.3, -0.25) is 19.8 Å². The monoisotopic (exact) mass is 476 g/mol. The van der Waals surface area contributed by atoms with E-state index >= 15 is 0 Å². The fraction of sp³-hybridized carbons (Fsp3) is 0.150. The molecule has 0 radical (unpaired) electrons. The van der Waals surface area contributed by atoms with Crippen LogP contribution < -0.4 is 24.4 Å². The maximum absolute atomic E-state index is 13.1. The zero-order valence-corrected chi connectivity index (χ0v) is 18.2. The standard InChI is InChI=1S/C20H17BrN2O5S/c1-26-13-6-4-12(5-7-13)23-19(25)14(18(24)22-20(23)29)8-11-9-16(27-2)17(28-3)10-15(11)21/h4-10H,1-3H3,(H,22,24,29). The molecule has 150 valence electrons. The highest BCUT2D eigenvalue weighted by atomic mass is 79.9. The van der Waals surface area contributed by atoms with Crippen LogP contribution in [0.25, 0.3) is 6.08 Å². The summed E-state index contributed by atoms with van der Waals surface area (Å²) in [4.78, 5) is 26.8. The molecule has 1 aliphatic heterocycles. The highest BCUT2D eigenvalue weighted by Crippen LogP contribution is 2.35. The SMILES string of the molecule is COc1ccc(N2C(=O)C(=Cc3cc(OC)c(OC)cc3Br)C(=O)NC2=S)cc1. The van der Waals surface area contributed by atoms with Gasteiger partial charge in [-0.25, -0.2) is 0 Å². The van der Waals surface area contributed by atoms with Crippen LogP contribution in [0.4, 0.5) is 5.69 Å². The molecule has 1 aliphatic rings. The van der Waals surface area contributed by atoms with E-state index < -0.39 is 11.8 Å². The predicted octanol–water partition coefficient (Wildman–Crippen LogP) is 3.31. The summed E-state index contributed by atoms with van der Waals surface area (Å²) in [6, 6.07) is 10.1. The summed E-state index contributed by atoms with van der Waals surface area (Å²) in [5, 5.41) is 2.56. The van der Waals surface area contributed by atoms with Gasteiger partial charge in [0.25, 0.3) is 11.8 Å². The van der Waals surface area contributed by atoms with Crippen LogP contribution >= 0.6 is 28.1 Å². The van der Waals surface area contributed by atoms with Crippen molar-refractivity contribution in [3.05, 3.63) is 52.0 Å². The molecule has 2 amide bonds. The lowest BCUT2D eigenvalue weighted by Gasteiger charge is -2.29. The average molecular weight is 477 g/mol. The summed E-state index contributed by atoms with van der Waals surface area (Å²) in [6.07, 6.45) is 1.47. The molecule has 0 bridgehead atoms. The van der Waals surface area contributed by atoms with Gasteiger partial charge in [-0.15, -0.1) is 0 Å². The first-order valence-electron chi connectivity index (χ1n) is 8.36. The lowest BCUT2D eigenvalue weighted by atomic mass is 10.1. The second kappa shape index (κ2) is 8.62. The van der Waals surface area contributed by atoms with Crippen molar-refractivity contribution in [1.29, 1.82) is 0 Å². The van der Waals surface area contributed by atoms with E-state index in [1.807, 2.05) is 0 Å². The molecule has 9 heteroatoms. The average Bonchev–Trinajstić information content (AvgIpc) is 2.72. The van der Waals surface area contributed by atoms with E-state index in [0.29, 0.717) is 33.0 Å². The Morgan fingerprint density at radius 3 is 2.21 bits per heavy atom. The number of rotatable bonds is 5. The summed E-state index contributed by atoms with van der Waals surface area (Å²) in [7, 11) is 4.58. The van der Waals surface area contributed by atoms with Crippen molar-refractivity contribution in [1.82, 2.24) is 5.32 Å². The first kappa shape index (κ1) is 20.8. The lowest BCUT2D eigenvalue weighted by molar-refractivity contribution is -0.122. The molecular weight excluding hydrogens is 460 g/mol. The number of benzene rings is 2. The number of carbonyl (C=O) groups is 2. The van der Waals surface area contributed by atoms with Crippen LogP contribution in [0.15, 0.2) is 46.4 Å². The van der Waals surface area contributed by atoms with Crippen molar-refractivity contribution < 1.29 is 23.8 Å². The van der Waals surface area contributed by atoms with Crippen molar-refractivity contribution in [3.63, 3.8) is 0 Å². The molecule has 0 saturated carbocycles. The van der Waals surface area contributed by atoms with Crippen LogP contribution in [0, 0.1) is 0 Å². The largest absolute Gasteiger partial charge is 0.497 e. The fourth-order valence-corrected chi connectivity index (χ4v) is 3.48. The zero-order chi connectivity index (χ0) is 21.1. The van der Waals surface area contributed by atoms with Gasteiger partial charge >= 0.3 is 0 Å². The molecule has 1 N–H and O–H groups in total. The molecule has 2 aromatic carbocycles. The normalized spacial score (nSPS) is 15.4. The Hall–Kier alpha value is -2.91. The predicted molar refractivity (Wildman–Crippen MR) is 116 cm³/mol. The molecule has 0 aromatic heterocycles. The molecular formula is C20H17BrN2O5S. The Kier molecular flexibility index (Phi) is 6.19. The van der Waals surface area contributed by atoms with Crippen LogP contribution in [0.2, 0.25) is 0 Å². The van der Waals surface area contributed by atoms with E-state index in [9.17, 15) is 9.59 Å². The van der Waals surface area contributed by atoms with Crippen molar-refractivity contribution in [2.75, 3.05) is 26.2 Å². The van der Waals surface area contributed by atoms with E-state index in [4.69, 9.17) is 26.4 Å². The second-order valence-electron chi connectivity index (χ2n) is 5.88. The molecule has 1 fully saturated rings. The molecule has 29 heavy (non-hydrogen) atoms. The van der Waals surface area contributed by atoms with Crippen LogP contribution in [-0.4, -0.2) is 38.3 Å². The van der Waals surface area contributed by atoms with E-state index in [-0.39, 0.29) is 10.7 Å². The highest BCUT2D eigenvalue weighted by Gasteiger charge is 2.34. The maximum Gasteiger partial charge on any atom is 0.270 e. The minimum absolute atomic E-state index is 0.00805. The number of thiocarbonyl (C=S) groups is 1. The van der Waals surface area contributed by atoms with E-state index in [1.165, 1.54) is 25.2 Å². The van der Waals surface area contributed by atoms with Crippen molar-refractivity contribution in [3.8, 4) is 17.2 Å². The molecule has 1 saturated heterocycles. The van der Waals surface area contributed by atoms with E-state index in [2.05, 4.69) is 21.2 Å². The molecule has 1 heterocycles. The summed E-state index contributed by atoms with van der Waals surface area (Å²) in [5.74, 6) is 0.506. The number of halogens is 1. The third kappa shape index (κ3) is 4.10. The Morgan fingerprint density at radius 2 is 1.62 bits per heavy atom. The summed E-state index contributed by atoms with van der Waals surface area (Å²) < 4.78 is 16.3. The first-order valence-corrected chi connectivity index (χ1v) is 9.56. The van der Waals surface area contributed by atoms with Gasteiger partial charge in [0.15, 0.2) is 16.6 Å². The van der Waals surface area contributed by atoms with Gasteiger partial charge in [0.2, 0.25) is 0 Å². The zero-order valence-electron chi connectivity index (χ0n) is 15.8. The van der Waals surface area contributed by atoms with Gasteiger partial charge in [-0.2, -0.15) is 0 Å². The third-order valence-corrected chi connectivity index (χ3v) is 5.21. The number of anilines is 1. The Morgan fingerprint density at radius 1 is 1.00 bits per heavy atom. The molecule has 7 nitrogen and oxygen atoms in total. The lowest BCUT2D eigenvalue weighted by Crippen LogP contribution is -2.54. The van der Waals surface area contributed by atoms with E-state index in [1.54, 1.807) is 43.5 Å². The third-order valence-electron chi connectivity index (χ3n) is 4.24. The van der Waals surface area contributed by atoms with Crippen LogP contribution in [0.5, 0.6) is 17.2 Å². The topological polar surface area (TPSA) is 77.1 Å². The summed E-state index contributed by atoms with van der Waals surface area (Å²) in [6.45, 7) is 0. The number of amides is 2. The molecule has 0 unspecified atom stereocenters. The number of nitrogens with zero attached hydrogens (tertiary/aromatic N) is 1. The van der Waals surface area contributed by atoms with Crippen LogP contribution in [-0.2, 0) is 9.59 Å². The fourth-order valence-electron chi connectivity index (χ4n) is 2.76. The molecule has 0 aliphatic carbocycles. The maximum atomic E-state index is 13.1. The highest BCUT2D eigenvalue weighted by molar-refractivity contribution is 9.10.